The van der Waals surface area contributed by atoms with Gasteiger partial charge in [0.05, 0.1) is 0 Å². The molecule has 0 saturated carbocycles. The Morgan fingerprint density at radius 2 is 2.11 bits per heavy atom. The maximum Gasteiger partial charge on any atom is 0.163 e. The second kappa shape index (κ2) is 5.73. The molecule has 1 heterocycles. The Balaban J connectivity index is 1.82. The van der Waals surface area contributed by atoms with Gasteiger partial charge in [-0.05, 0) is 12.1 Å². The summed E-state index contributed by atoms with van der Waals surface area (Å²) < 4.78 is 28.1. The van der Waals surface area contributed by atoms with Crippen LogP contribution < -0.4 is 5.32 Å². The molecule has 0 atom stereocenters. The Bertz CT molecular complexity index is 523. The van der Waals surface area contributed by atoms with Crippen molar-refractivity contribution in [2.24, 2.45) is 7.05 Å². The molecule has 0 amide bonds. The number of hydrogen-bond acceptors (Lipinski definition) is 2. The highest BCUT2D eigenvalue weighted by Gasteiger charge is 2.06. The van der Waals surface area contributed by atoms with Crippen molar-refractivity contribution in [1.82, 2.24) is 15.1 Å². The van der Waals surface area contributed by atoms with E-state index in [1.807, 2.05) is 13.1 Å². The van der Waals surface area contributed by atoms with E-state index in [1.165, 1.54) is 6.07 Å². The zero-order valence-corrected chi connectivity index (χ0v) is 10.2. The van der Waals surface area contributed by atoms with Crippen molar-refractivity contribution in [1.29, 1.82) is 0 Å². The summed E-state index contributed by atoms with van der Waals surface area (Å²) in [6.07, 6.45) is 2.54. The van der Waals surface area contributed by atoms with Gasteiger partial charge in [0.2, 0.25) is 0 Å². The van der Waals surface area contributed by atoms with Crippen molar-refractivity contribution >= 4 is 0 Å². The predicted molar refractivity (Wildman–Crippen MR) is 65.0 cm³/mol. The minimum absolute atomic E-state index is 0.321. The van der Waals surface area contributed by atoms with Gasteiger partial charge in [0.15, 0.2) is 11.6 Å². The monoisotopic (exact) mass is 251 g/mol. The van der Waals surface area contributed by atoms with Crippen LogP contribution in [0.3, 0.4) is 0 Å². The maximum absolute atomic E-state index is 13.3. The fraction of sp³-hybridized carbons (Fsp3) is 0.308. The molecule has 0 aliphatic heterocycles. The Labute approximate surface area is 104 Å². The molecular weight excluding hydrogens is 236 g/mol. The molecule has 1 N–H and O–H groups in total. The molecule has 96 valence electrons. The van der Waals surface area contributed by atoms with Gasteiger partial charge in [-0.3, -0.25) is 4.68 Å². The largest absolute Gasteiger partial charge is 0.312 e. The highest BCUT2D eigenvalue weighted by atomic mass is 19.2. The van der Waals surface area contributed by atoms with Crippen LogP contribution in [0.15, 0.2) is 30.5 Å². The quantitative estimate of drug-likeness (QED) is 0.824. The Morgan fingerprint density at radius 3 is 2.83 bits per heavy atom. The summed E-state index contributed by atoms with van der Waals surface area (Å²) in [5.41, 5.74) is 1.45. The first-order valence-electron chi connectivity index (χ1n) is 5.79. The fourth-order valence-electron chi connectivity index (χ4n) is 1.77. The summed E-state index contributed by atoms with van der Waals surface area (Å²) in [5, 5.41) is 7.15. The molecule has 0 spiro atoms. The standard InChI is InChI=1S/C13H15F2N3/c1-18-11(6-8-17-18)5-7-16-9-10-3-2-4-12(14)13(10)15/h2-4,6,8,16H,5,7,9H2,1H3. The van der Waals surface area contributed by atoms with Crippen LogP contribution in [-0.2, 0) is 20.0 Å². The molecule has 5 heteroatoms. The number of aromatic nitrogens is 2. The van der Waals surface area contributed by atoms with Crippen LogP contribution in [0.2, 0.25) is 0 Å². The molecule has 0 unspecified atom stereocenters. The Hall–Kier alpha value is -1.75. The van der Waals surface area contributed by atoms with E-state index in [-0.39, 0.29) is 0 Å². The van der Waals surface area contributed by atoms with Crippen LogP contribution in [0.4, 0.5) is 8.78 Å². The van der Waals surface area contributed by atoms with Crippen LogP contribution in [0.25, 0.3) is 0 Å². The molecular formula is C13H15F2N3. The molecule has 2 aromatic rings. The molecule has 2 rings (SSSR count). The lowest BCUT2D eigenvalue weighted by Gasteiger charge is -2.06. The van der Waals surface area contributed by atoms with E-state index >= 15 is 0 Å². The molecule has 1 aromatic heterocycles. The van der Waals surface area contributed by atoms with Gasteiger partial charge < -0.3 is 5.32 Å². The molecule has 3 nitrogen and oxygen atoms in total. The van der Waals surface area contributed by atoms with Crippen LogP contribution in [0, 0.1) is 11.6 Å². The average Bonchev–Trinajstić information content (AvgIpc) is 2.76. The molecule has 0 aliphatic carbocycles. The van der Waals surface area contributed by atoms with Crippen LogP contribution in [-0.4, -0.2) is 16.3 Å². The topological polar surface area (TPSA) is 29.9 Å². The second-order valence-electron chi connectivity index (χ2n) is 4.09. The van der Waals surface area contributed by atoms with Crippen molar-refractivity contribution in [3.05, 3.63) is 53.4 Å². The summed E-state index contributed by atoms with van der Waals surface area (Å²) >= 11 is 0. The number of nitrogens with one attached hydrogen (secondary N) is 1. The normalized spacial score (nSPS) is 10.8. The van der Waals surface area contributed by atoms with Crippen molar-refractivity contribution in [2.75, 3.05) is 6.54 Å². The highest BCUT2D eigenvalue weighted by Crippen LogP contribution is 2.10. The van der Waals surface area contributed by atoms with Gasteiger partial charge in [0, 0.05) is 44.0 Å². The number of halogens is 2. The lowest BCUT2D eigenvalue weighted by molar-refractivity contribution is 0.492. The van der Waals surface area contributed by atoms with E-state index in [0.717, 1.165) is 18.2 Å². The lowest BCUT2D eigenvalue weighted by Crippen LogP contribution is -2.18. The fourth-order valence-corrected chi connectivity index (χ4v) is 1.77. The van der Waals surface area contributed by atoms with Crippen LogP contribution in [0.5, 0.6) is 0 Å². The molecule has 0 fully saturated rings. The molecule has 0 saturated heterocycles. The van der Waals surface area contributed by atoms with Gasteiger partial charge >= 0.3 is 0 Å². The number of rotatable bonds is 5. The molecule has 18 heavy (non-hydrogen) atoms. The highest BCUT2D eigenvalue weighted by molar-refractivity contribution is 5.18. The van der Waals surface area contributed by atoms with Gasteiger partial charge in [-0.2, -0.15) is 5.10 Å². The van der Waals surface area contributed by atoms with Gasteiger partial charge in [-0.1, -0.05) is 12.1 Å². The van der Waals surface area contributed by atoms with E-state index in [9.17, 15) is 8.78 Å². The first-order chi connectivity index (χ1) is 8.68. The Morgan fingerprint density at radius 1 is 1.28 bits per heavy atom. The number of benzene rings is 1. The second-order valence-corrected chi connectivity index (χ2v) is 4.09. The molecule has 0 radical (unpaired) electrons. The number of hydrogen-bond donors (Lipinski definition) is 1. The van der Waals surface area contributed by atoms with E-state index in [4.69, 9.17) is 0 Å². The van der Waals surface area contributed by atoms with Crippen molar-refractivity contribution in [3.8, 4) is 0 Å². The third kappa shape index (κ3) is 2.92. The molecule has 0 bridgehead atoms. The van der Waals surface area contributed by atoms with E-state index in [2.05, 4.69) is 10.4 Å². The minimum atomic E-state index is -0.805. The minimum Gasteiger partial charge on any atom is -0.312 e. The van der Waals surface area contributed by atoms with E-state index in [1.54, 1.807) is 16.9 Å². The summed E-state index contributed by atoms with van der Waals surface area (Å²) in [7, 11) is 1.88. The van der Waals surface area contributed by atoms with Crippen LogP contribution >= 0.6 is 0 Å². The summed E-state index contributed by atoms with van der Waals surface area (Å²) in [6, 6.07) is 6.14. The Kier molecular flexibility index (Phi) is 4.04. The smallest absolute Gasteiger partial charge is 0.163 e. The average molecular weight is 251 g/mol. The van der Waals surface area contributed by atoms with E-state index < -0.39 is 11.6 Å². The lowest BCUT2D eigenvalue weighted by atomic mass is 10.2. The predicted octanol–water partition coefficient (Wildman–Crippen LogP) is 2.03. The van der Waals surface area contributed by atoms with Crippen molar-refractivity contribution < 1.29 is 8.78 Å². The number of nitrogens with zero attached hydrogens (tertiary/aromatic N) is 2. The molecule has 0 aliphatic rings. The van der Waals surface area contributed by atoms with Gasteiger partial charge in [-0.25, -0.2) is 8.78 Å². The zero-order valence-electron chi connectivity index (χ0n) is 10.2. The summed E-state index contributed by atoms with van der Waals surface area (Å²) in [4.78, 5) is 0. The molecule has 1 aromatic carbocycles. The third-order valence-corrected chi connectivity index (χ3v) is 2.83. The van der Waals surface area contributed by atoms with Gasteiger partial charge in [-0.15, -0.1) is 0 Å². The van der Waals surface area contributed by atoms with E-state index in [0.29, 0.717) is 18.7 Å². The SMILES string of the molecule is Cn1nccc1CCNCc1cccc(F)c1F. The first kappa shape index (κ1) is 12.7. The van der Waals surface area contributed by atoms with Crippen LogP contribution in [0.1, 0.15) is 11.3 Å². The summed E-state index contributed by atoms with van der Waals surface area (Å²) in [6.45, 7) is 1.01. The third-order valence-electron chi connectivity index (χ3n) is 2.83. The van der Waals surface area contributed by atoms with Gasteiger partial charge in [0.1, 0.15) is 0 Å². The first-order valence-corrected chi connectivity index (χ1v) is 5.79. The zero-order chi connectivity index (χ0) is 13.0. The van der Waals surface area contributed by atoms with Crippen molar-refractivity contribution in [2.45, 2.75) is 13.0 Å². The maximum atomic E-state index is 13.3. The van der Waals surface area contributed by atoms with Crippen molar-refractivity contribution in [3.63, 3.8) is 0 Å². The number of aryl methyl sites for hydroxylation is 1. The summed E-state index contributed by atoms with van der Waals surface area (Å²) in [5.74, 6) is -1.58. The van der Waals surface area contributed by atoms with Gasteiger partial charge in [0.25, 0.3) is 0 Å².